The lowest BCUT2D eigenvalue weighted by molar-refractivity contribution is -0.123. The number of urea groups is 1. The molecule has 0 aromatic rings. The molecule has 0 bridgehead atoms. The summed E-state index contributed by atoms with van der Waals surface area (Å²) in [6, 6.07) is -1.58. The van der Waals surface area contributed by atoms with E-state index in [4.69, 9.17) is 4.74 Å². The van der Waals surface area contributed by atoms with Crippen LogP contribution in [0.15, 0.2) is 0 Å². The molecule has 23 heavy (non-hydrogen) atoms. The van der Waals surface area contributed by atoms with Gasteiger partial charge in [0.25, 0.3) is 0 Å². The molecule has 1 N–H and O–H groups in total. The van der Waals surface area contributed by atoms with Gasteiger partial charge in [0.2, 0.25) is 0 Å². The van der Waals surface area contributed by atoms with E-state index in [1.54, 1.807) is 34.6 Å². The van der Waals surface area contributed by atoms with Crippen LogP contribution in [-0.4, -0.2) is 65.4 Å². The van der Waals surface area contributed by atoms with Gasteiger partial charge in [-0.3, -0.25) is 0 Å². The number of halogens is 3. The summed E-state index contributed by atoms with van der Waals surface area (Å²) in [6.45, 7) is 7.65. The molecule has 0 saturated carbocycles. The second kappa shape index (κ2) is 6.84. The molecule has 134 valence electrons. The summed E-state index contributed by atoms with van der Waals surface area (Å²) in [5.74, 6) is 0. The zero-order valence-corrected chi connectivity index (χ0v) is 14.0. The maximum absolute atomic E-state index is 12.2. The first-order chi connectivity index (χ1) is 10.3. The summed E-state index contributed by atoms with van der Waals surface area (Å²) in [5, 5.41) is 1.85. The fraction of sp³-hybridized carbons (Fsp3) is 0.857. The molecule has 6 nitrogen and oxygen atoms in total. The fourth-order valence-electron chi connectivity index (χ4n) is 2.29. The summed E-state index contributed by atoms with van der Waals surface area (Å²) in [7, 11) is 0. The lowest BCUT2D eigenvalue weighted by Crippen LogP contribution is -2.62. The van der Waals surface area contributed by atoms with E-state index in [1.807, 2.05) is 5.32 Å². The molecule has 1 aliphatic rings. The van der Waals surface area contributed by atoms with Crippen molar-refractivity contribution in [1.82, 2.24) is 15.1 Å². The Balaban J connectivity index is 2.66. The molecular weight excluding hydrogens is 315 g/mol. The topological polar surface area (TPSA) is 61.9 Å². The molecule has 0 radical (unpaired) electrons. The highest BCUT2D eigenvalue weighted by Crippen LogP contribution is 2.20. The summed E-state index contributed by atoms with van der Waals surface area (Å²) in [4.78, 5) is 26.8. The highest BCUT2D eigenvalue weighted by Gasteiger charge is 2.38. The minimum atomic E-state index is -4.46. The molecule has 0 aromatic heterocycles. The van der Waals surface area contributed by atoms with Crippen molar-refractivity contribution in [1.29, 1.82) is 0 Å². The number of carbonyl (C=O) groups excluding carboxylic acids is 2. The summed E-state index contributed by atoms with van der Waals surface area (Å²) >= 11 is 0. The number of hydrogen-bond donors (Lipinski definition) is 1. The largest absolute Gasteiger partial charge is 0.444 e. The number of alkyl halides is 3. The predicted octanol–water partition coefficient (Wildman–Crippen LogP) is 2.59. The van der Waals surface area contributed by atoms with Crippen LogP contribution in [0.3, 0.4) is 0 Å². The van der Waals surface area contributed by atoms with Gasteiger partial charge in [-0.1, -0.05) is 0 Å². The number of nitrogens with zero attached hydrogens (tertiary/aromatic N) is 2. The Morgan fingerprint density at radius 3 is 2.04 bits per heavy atom. The minimum Gasteiger partial charge on any atom is -0.444 e. The van der Waals surface area contributed by atoms with Gasteiger partial charge in [-0.2, -0.15) is 13.2 Å². The summed E-state index contributed by atoms with van der Waals surface area (Å²) in [6.07, 6.45) is -4.95. The molecule has 3 amide bonds. The van der Waals surface area contributed by atoms with Crippen molar-refractivity contribution in [2.75, 3.05) is 19.6 Å². The van der Waals surface area contributed by atoms with Crippen LogP contribution in [-0.2, 0) is 4.74 Å². The molecule has 2 atom stereocenters. The van der Waals surface area contributed by atoms with Gasteiger partial charge in [0.05, 0.1) is 12.1 Å². The third-order valence-corrected chi connectivity index (χ3v) is 3.59. The lowest BCUT2D eigenvalue weighted by atomic mass is 10.1. The van der Waals surface area contributed by atoms with E-state index < -0.39 is 36.5 Å². The van der Waals surface area contributed by atoms with Gasteiger partial charge < -0.3 is 19.9 Å². The van der Waals surface area contributed by atoms with Crippen LogP contribution in [0, 0.1) is 0 Å². The molecule has 9 heteroatoms. The van der Waals surface area contributed by atoms with Crippen LogP contribution < -0.4 is 5.32 Å². The first kappa shape index (κ1) is 19.4. The van der Waals surface area contributed by atoms with Crippen molar-refractivity contribution in [3.63, 3.8) is 0 Å². The smallest absolute Gasteiger partial charge is 0.410 e. The van der Waals surface area contributed by atoms with Crippen LogP contribution in [0.2, 0.25) is 0 Å². The van der Waals surface area contributed by atoms with Crippen molar-refractivity contribution in [2.24, 2.45) is 0 Å². The summed E-state index contributed by atoms with van der Waals surface area (Å²) < 4.78 is 41.8. The number of hydrogen-bond acceptors (Lipinski definition) is 3. The van der Waals surface area contributed by atoms with Crippen LogP contribution in [0.25, 0.3) is 0 Å². The lowest BCUT2D eigenvalue weighted by Gasteiger charge is -2.44. The van der Waals surface area contributed by atoms with Crippen molar-refractivity contribution >= 4 is 12.1 Å². The average molecular weight is 339 g/mol. The number of carbonyl (C=O) groups is 2. The van der Waals surface area contributed by atoms with E-state index in [1.165, 1.54) is 9.80 Å². The standard InChI is InChI=1S/C14H24F3N3O3/c1-9-10(2)20(12(22)23-13(3,4)5)7-6-19(9)11(21)18-8-14(15,16)17/h9-10H,6-8H2,1-5H3,(H,18,21). The second-order valence-corrected chi connectivity index (χ2v) is 6.62. The van der Waals surface area contributed by atoms with Gasteiger partial charge in [0.15, 0.2) is 0 Å². The molecule has 0 spiro atoms. The van der Waals surface area contributed by atoms with E-state index in [2.05, 4.69) is 0 Å². The molecule has 0 aromatic carbocycles. The first-order valence-electron chi connectivity index (χ1n) is 7.42. The monoisotopic (exact) mass is 339 g/mol. The maximum atomic E-state index is 12.2. The summed E-state index contributed by atoms with van der Waals surface area (Å²) in [5.41, 5.74) is -0.638. The Labute approximate surface area is 133 Å². The quantitative estimate of drug-likeness (QED) is 0.799. The Bertz CT molecular complexity index is 449. The predicted molar refractivity (Wildman–Crippen MR) is 78.0 cm³/mol. The van der Waals surface area contributed by atoms with Gasteiger partial charge in [-0.15, -0.1) is 0 Å². The number of nitrogens with one attached hydrogen (secondary N) is 1. The Hall–Kier alpha value is -1.67. The van der Waals surface area contributed by atoms with E-state index in [9.17, 15) is 22.8 Å². The highest BCUT2D eigenvalue weighted by molar-refractivity contribution is 5.75. The molecule has 1 aliphatic heterocycles. The third-order valence-electron chi connectivity index (χ3n) is 3.59. The molecule has 1 fully saturated rings. The number of piperazine rings is 1. The van der Waals surface area contributed by atoms with E-state index >= 15 is 0 Å². The van der Waals surface area contributed by atoms with E-state index in [0.29, 0.717) is 0 Å². The maximum Gasteiger partial charge on any atom is 0.410 e. The normalized spacial score (nSPS) is 22.8. The number of amides is 3. The molecule has 1 saturated heterocycles. The van der Waals surface area contributed by atoms with E-state index in [-0.39, 0.29) is 19.1 Å². The van der Waals surface area contributed by atoms with Gasteiger partial charge in [-0.05, 0) is 34.6 Å². The highest BCUT2D eigenvalue weighted by atomic mass is 19.4. The zero-order chi connectivity index (χ0) is 18.0. The van der Waals surface area contributed by atoms with Crippen LogP contribution in [0.1, 0.15) is 34.6 Å². The molecule has 2 unspecified atom stereocenters. The SMILES string of the molecule is CC1C(C)N(C(=O)OC(C)(C)C)CCN1C(=O)NCC(F)(F)F. The molecule has 1 heterocycles. The number of rotatable bonds is 1. The number of ether oxygens (including phenoxy) is 1. The van der Waals surface area contributed by atoms with Crippen molar-refractivity contribution in [3.05, 3.63) is 0 Å². The third kappa shape index (κ3) is 5.80. The molecule has 1 rings (SSSR count). The molecule has 0 aliphatic carbocycles. The minimum absolute atomic E-state index is 0.147. The zero-order valence-electron chi connectivity index (χ0n) is 14.0. The average Bonchev–Trinajstić information content (AvgIpc) is 2.36. The van der Waals surface area contributed by atoms with Crippen molar-refractivity contribution in [2.45, 2.75) is 58.5 Å². The van der Waals surface area contributed by atoms with Gasteiger partial charge in [-0.25, -0.2) is 9.59 Å². The molecular formula is C14H24F3N3O3. The van der Waals surface area contributed by atoms with Gasteiger partial charge in [0, 0.05) is 13.1 Å². The Morgan fingerprint density at radius 1 is 1.09 bits per heavy atom. The van der Waals surface area contributed by atoms with E-state index in [0.717, 1.165) is 0 Å². The van der Waals surface area contributed by atoms with Crippen LogP contribution in [0.4, 0.5) is 22.8 Å². The van der Waals surface area contributed by atoms with Gasteiger partial charge in [0.1, 0.15) is 12.1 Å². The Morgan fingerprint density at radius 2 is 1.57 bits per heavy atom. The fourth-order valence-corrected chi connectivity index (χ4v) is 2.29. The van der Waals surface area contributed by atoms with Crippen LogP contribution >= 0.6 is 0 Å². The van der Waals surface area contributed by atoms with Crippen molar-refractivity contribution < 1.29 is 27.5 Å². The first-order valence-corrected chi connectivity index (χ1v) is 7.42. The second-order valence-electron chi connectivity index (χ2n) is 6.62. The van der Waals surface area contributed by atoms with Crippen molar-refractivity contribution in [3.8, 4) is 0 Å². The Kier molecular flexibility index (Phi) is 5.76. The van der Waals surface area contributed by atoms with Crippen LogP contribution in [0.5, 0.6) is 0 Å². The van der Waals surface area contributed by atoms with Gasteiger partial charge >= 0.3 is 18.3 Å².